The van der Waals surface area contributed by atoms with Crippen molar-refractivity contribution in [2.24, 2.45) is 0 Å². The number of esters is 1. The second kappa shape index (κ2) is 45.6. The molecule has 0 radical (unpaired) electrons. The summed E-state index contributed by atoms with van der Waals surface area (Å²) >= 11 is 0. The van der Waals surface area contributed by atoms with Gasteiger partial charge >= 0.3 is 5.97 Å². The minimum atomic E-state index is -1.54. The molecule has 1 fully saturated rings. The fraction of sp³-hybridized carbons (Fsp3) is 0.870. The number of hydrogen-bond donors (Lipinski definition) is 4. The summed E-state index contributed by atoms with van der Waals surface area (Å²) in [5.41, 5.74) is 0. The standard InChI is InChI=1S/C54H100O9/c1-3-5-7-9-11-13-15-17-19-21-23-24-26-28-30-32-34-36-38-40-42-44-60-46-48(47-61-54-53(59)52(58)51(57)49(45-55)63-54)62-50(56)43-41-39-37-35-33-31-29-27-25-22-20-18-16-14-12-10-8-6-4-2/h12,14,18,20,25,27,48-49,51-55,57-59H,3-11,13,15-17,19,21-24,26,28-47H2,1-2H3/b14-12-,20-18-,27-25-. The second-order valence-corrected chi connectivity index (χ2v) is 18.3. The highest BCUT2D eigenvalue weighted by atomic mass is 16.7. The molecule has 1 saturated heterocycles. The van der Waals surface area contributed by atoms with Crippen molar-refractivity contribution in [3.8, 4) is 0 Å². The lowest BCUT2D eigenvalue weighted by molar-refractivity contribution is -0.305. The van der Waals surface area contributed by atoms with Gasteiger partial charge in [0.1, 0.15) is 30.5 Å². The van der Waals surface area contributed by atoms with Gasteiger partial charge in [-0.1, -0.05) is 217 Å². The van der Waals surface area contributed by atoms with Crippen molar-refractivity contribution >= 4 is 5.97 Å². The van der Waals surface area contributed by atoms with Crippen LogP contribution in [0, 0.1) is 0 Å². The van der Waals surface area contributed by atoms with Gasteiger partial charge in [-0.05, 0) is 51.4 Å². The van der Waals surface area contributed by atoms with Crippen LogP contribution in [-0.4, -0.2) is 89.6 Å². The number of hydrogen-bond acceptors (Lipinski definition) is 9. The largest absolute Gasteiger partial charge is 0.457 e. The van der Waals surface area contributed by atoms with E-state index in [1.807, 2.05) is 0 Å². The summed E-state index contributed by atoms with van der Waals surface area (Å²) in [5, 5.41) is 40.3. The molecule has 370 valence electrons. The van der Waals surface area contributed by atoms with Crippen LogP contribution in [-0.2, 0) is 23.7 Å². The SMILES string of the molecule is CCCCC/C=C\C/C=C\C/C=C\CCCCCCCCC(=O)OC(COCCCCCCCCCCCCCCCCCCCCCCC)COC1OC(CO)C(O)C(O)C1O. The number of ether oxygens (including phenoxy) is 4. The van der Waals surface area contributed by atoms with E-state index in [-0.39, 0.29) is 19.2 Å². The molecule has 9 nitrogen and oxygen atoms in total. The molecule has 4 N–H and O–H groups in total. The molecule has 1 rings (SSSR count). The Hall–Kier alpha value is -1.59. The monoisotopic (exact) mass is 893 g/mol. The van der Waals surface area contributed by atoms with Gasteiger partial charge in [-0.25, -0.2) is 0 Å². The predicted octanol–water partition coefficient (Wildman–Crippen LogP) is 13.1. The number of unbranched alkanes of at least 4 members (excludes halogenated alkanes) is 29. The van der Waals surface area contributed by atoms with E-state index in [2.05, 4.69) is 50.3 Å². The maximum atomic E-state index is 12.8. The quantitative estimate of drug-likeness (QED) is 0.0268. The zero-order chi connectivity index (χ0) is 45.7. The second-order valence-electron chi connectivity index (χ2n) is 18.3. The lowest BCUT2D eigenvalue weighted by atomic mass is 9.99. The molecule has 1 aliphatic heterocycles. The van der Waals surface area contributed by atoms with Gasteiger partial charge in [-0.3, -0.25) is 4.79 Å². The Kier molecular flexibility index (Phi) is 43.0. The number of carbonyl (C=O) groups excluding carboxylic acids is 1. The molecule has 0 amide bonds. The Morgan fingerprint density at radius 3 is 1.41 bits per heavy atom. The Labute approximate surface area is 387 Å². The molecule has 0 spiro atoms. The lowest BCUT2D eigenvalue weighted by Crippen LogP contribution is -2.59. The third-order valence-corrected chi connectivity index (χ3v) is 12.3. The maximum Gasteiger partial charge on any atom is 0.306 e. The molecular weight excluding hydrogens is 793 g/mol. The van der Waals surface area contributed by atoms with Crippen molar-refractivity contribution in [2.45, 2.75) is 275 Å². The predicted molar refractivity (Wildman–Crippen MR) is 261 cm³/mol. The summed E-state index contributed by atoms with van der Waals surface area (Å²) in [6.45, 7) is 4.56. The summed E-state index contributed by atoms with van der Waals surface area (Å²) in [6, 6.07) is 0. The van der Waals surface area contributed by atoms with E-state index in [1.54, 1.807) is 0 Å². The molecule has 9 heteroatoms. The van der Waals surface area contributed by atoms with Gasteiger partial charge in [0.2, 0.25) is 0 Å². The van der Waals surface area contributed by atoms with Gasteiger partial charge in [-0.2, -0.15) is 0 Å². The molecule has 63 heavy (non-hydrogen) atoms. The van der Waals surface area contributed by atoms with Gasteiger partial charge < -0.3 is 39.4 Å². The average molecular weight is 893 g/mol. The van der Waals surface area contributed by atoms with E-state index >= 15 is 0 Å². The van der Waals surface area contributed by atoms with Crippen LogP contribution in [0.5, 0.6) is 0 Å². The van der Waals surface area contributed by atoms with Crippen LogP contribution >= 0.6 is 0 Å². The first-order valence-electron chi connectivity index (χ1n) is 26.6. The molecule has 0 bridgehead atoms. The Morgan fingerprint density at radius 1 is 0.508 bits per heavy atom. The van der Waals surface area contributed by atoms with Crippen LogP contribution < -0.4 is 0 Å². The van der Waals surface area contributed by atoms with E-state index in [4.69, 9.17) is 18.9 Å². The normalized spacial score (nSPS) is 19.9. The molecule has 0 aromatic carbocycles. The molecule has 0 aromatic heterocycles. The van der Waals surface area contributed by atoms with Crippen LogP contribution in [0.25, 0.3) is 0 Å². The van der Waals surface area contributed by atoms with E-state index in [0.29, 0.717) is 13.0 Å². The number of rotatable bonds is 46. The summed E-state index contributed by atoms with van der Waals surface area (Å²) in [6.07, 6.45) is 48.9. The third kappa shape index (κ3) is 36.2. The molecule has 6 unspecified atom stereocenters. The Bertz CT molecular complexity index is 1060. The minimum absolute atomic E-state index is 0.116. The smallest absolute Gasteiger partial charge is 0.306 e. The lowest BCUT2D eigenvalue weighted by Gasteiger charge is -2.39. The van der Waals surface area contributed by atoms with Crippen LogP contribution in [0.3, 0.4) is 0 Å². The van der Waals surface area contributed by atoms with E-state index < -0.39 is 43.4 Å². The van der Waals surface area contributed by atoms with E-state index in [1.165, 1.54) is 161 Å². The molecule has 0 aliphatic carbocycles. The summed E-state index contributed by atoms with van der Waals surface area (Å²) < 4.78 is 22.9. The fourth-order valence-corrected chi connectivity index (χ4v) is 8.15. The number of carbonyl (C=O) groups is 1. The third-order valence-electron chi connectivity index (χ3n) is 12.3. The van der Waals surface area contributed by atoms with Crippen molar-refractivity contribution < 1.29 is 44.2 Å². The van der Waals surface area contributed by atoms with Crippen molar-refractivity contribution in [3.05, 3.63) is 36.5 Å². The highest BCUT2D eigenvalue weighted by Crippen LogP contribution is 2.23. The molecule has 0 aromatic rings. The van der Waals surface area contributed by atoms with Gasteiger partial charge in [0.15, 0.2) is 6.29 Å². The number of aliphatic hydroxyl groups excluding tert-OH is 4. The average Bonchev–Trinajstić information content (AvgIpc) is 3.28. The summed E-state index contributed by atoms with van der Waals surface area (Å²) in [5.74, 6) is -0.322. The van der Waals surface area contributed by atoms with Crippen LogP contribution in [0.2, 0.25) is 0 Å². The maximum absolute atomic E-state index is 12.8. The first-order valence-corrected chi connectivity index (χ1v) is 26.6. The van der Waals surface area contributed by atoms with Crippen LogP contribution in [0.15, 0.2) is 36.5 Å². The number of aliphatic hydroxyl groups is 4. The molecule has 6 atom stereocenters. The molecule has 0 saturated carbocycles. The molecular formula is C54H100O9. The van der Waals surface area contributed by atoms with E-state index in [0.717, 1.165) is 57.8 Å². The first-order chi connectivity index (χ1) is 30.9. The molecule has 1 heterocycles. The zero-order valence-electron chi connectivity index (χ0n) is 40.8. The molecule has 1 aliphatic rings. The summed E-state index contributed by atoms with van der Waals surface area (Å²) in [4.78, 5) is 12.8. The number of allylic oxidation sites excluding steroid dienone is 6. The van der Waals surface area contributed by atoms with Crippen molar-refractivity contribution in [1.29, 1.82) is 0 Å². The van der Waals surface area contributed by atoms with E-state index in [9.17, 15) is 25.2 Å². The van der Waals surface area contributed by atoms with Crippen molar-refractivity contribution in [1.82, 2.24) is 0 Å². The van der Waals surface area contributed by atoms with Gasteiger partial charge in [-0.15, -0.1) is 0 Å². The highest BCUT2D eigenvalue weighted by molar-refractivity contribution is 5.69. The Balaban J connectivity index is 2.19. The van der Waals surface area contributed by atoms with Crippen LogP contribution in [0.1, 0.15) is 239 Å². The highest BCUT2D eigenvalue weighted by Gasteiger charge is 2.44. The van der Waals surface area contributed by atoms with Crippen molar-refractivity contribution in [3.63, 3.8) is 0 Å². The summed E-state index contributed by atoms with van der Waals surface area (Å²) in [7, 11) is 0. The fourth-order valence-electron chi connectivity index (χ4n) is 8.15. The zero-order valence-corrected chi connectivity index (χ0v) is 40.8. The van der Waals surface area contributed by atoms with Gasteiger partial charge in [0, 0.05) is 13.0 Å². The Morgan fingerprint density at radius 2 is 0.921 bits per heavy atom. The van der Waals surface area contributed by atoms with Crippen LogP contribution in [0.4, 0.5) is 0 Å². The first kappa shape index (κ1) is 59.4. The van der Waals surface area contributed by atoms with Gasteiger partial charge in [0.05, 0.1) is 19.8 Å². The minimum Gasteiger partial charge on any atom is -0.457 e. The van der Waals surface area contributed by atoms with Crippen molar-refractivity contribution in [2.75, 3.05) is 26.4 Å². The topological polar surface area (TPSA) is 135 Å². The van der Waals surface area contributed by atoms with Gasteiger partial charge in [0.25, 0.3) is 0 Å².